The average molecular weight is 295 g/mol. The summed E-state index contributed by atoms with van der Waals surface area (Å²) in [6.45, 7) is 1.93. The molecule has 1 aliphatic carbocycles. The number of ether oxygens (including phenoxy) is 1. The molecule has 6 heteroatoms. The SMILES string of the molecule is Br.CCOC(=O)C1(N)CCCC1C(=O)CN. The third kappa shape index (κ3) is 2.81. The smallest absolute Gasteiger partial charge is 0.326 e. The fourth-order valence-electron chi connectivity index (χ4n) is 2.13. The van der Waals surface area contributed by atoms with Crippen LogP contribution in [0.5, 0.6) is 0 Å². The van der Waals surface area contributed by atoms with E-state index in [0.29, 0.717) is 12.8 Å². The van der Waals surface area contributed by atoms with Crippen molar-refractivity contribution in [2.24, 2.45) is 17.4 Å². The van der Waals surface area contributed by atoms with Gasteiger partial charge in [-0.2, -0.15) is 0 Å². The molecule has 0 aliphatic heterocycles. The summed E-state index contributed by atoms with van der Waals surface area (Å²) in [5, 5.41) is 0. The van der Waals surface area contributed by atoms with Gasteiger partial charge in [0.15, 0.2) is 5.78 Å². The molecule has 0 aromatic heterocycles. The molecule has 0 aromatic carbocycles. The highest BCUT2D eigenvalue weighted by atomic mass is 79.9. The number of ketones is 1. The van der Waals surface area contributed by atoms with Crippen LogP contribution in [0.1, 0.15) is 26.2 Å². The highest BCUT2D eigenvalue weighted by molar-refractivity contribution is 8.93. The maximum Gasteiger partial charge on any atom is 0.326 e. The zero-order chi connectivity index (χ0) is 11.5. The lowest BCUT2D eigenvalue weighted by Gasteiger charge is -2.27. The number of rotatable bonds is 4. The van der Waals surface area contributed by atoms with Crippen LogP contribution < -0.4 is 11.5 Å². The van der Waals surface area contributed by atoms with Crippen LogP contribution in [0.15, 0.2) is 0 Å². The van der Waals surface area contributed by atoms with Gasteiger partial charge in [0.25, 0.3) is 0 Å². The van der Waals surface area contributed by atoms with Gasteiger partial charge in [-0.15, -0.1) is 17.0 Å². The van der Waals surface area contributed by atoms with Gasteiger partial charge in [0.05, 0.1) is 13.2 Å². The Hall–Kier alpha value is -0.460. The molecule has 94 valence electrons. The average Bonchev–Trinajstić information content (AvgIpc) is 2.61. The zero-order valence-corrected chi connectivity index (χ0v) is 11.1. The van der Waals surface area contributed by atoms with Crippen LogP contribution in [0, 0.1) is 5.92 Å². The van der Waals surface area contributed by atoms with Crippen LogP contribution in [-0.4, -0.2) is 30.4 Å². The van der Waals surface area contributed by atoms with E-state index in [0.717, 1.165) is 6.42 Å². The molecule has 0 aromatic rings. The van der Waals surface area contributed by atoms with Gasteiger partial charge >= 0.3 is 5.97 Å². The third-order valence-electron chi connectivity index (χ3n) is 2.95. The topological polar surface area (TPSA) is 95.4 Å². The van der Waals surface area contributed by atoms with Crippen molar-refractivity contribution < 1.29 is 14.3 Å². The van der Waals surface area contributed by atoms with E-state index in [9.17, 15) is 9.59 Å². The summed E-state index contributed by atoms with van der Waals surface area (Å²) in [6.07, 6.45) is 1.90. The van der Waals surface area contributed by atoms with E-state index in [1.807, 2.05) is 0 Å². The van der Waals surface area contributed by atoms with Crippen LogP contribution in [0.4, 0.5) is 0 Å². The summed E-state index contributed by atoms with van der Waals surface area (Å²) in [5.41, 5.74) is 10.1. The third-order valence-corrected chi connectivity index (χ3v) is 2.95. The van der Waals surface area contributed by atoms with Crippen molar-refractivity contribution in [1.29, 1.82) is 0 Å². The second-order valence-electron chi connectivity index (χ2n) is 3.88. The second-order valence-corrected chi connectivity index (χ2v) is 3.88. The molecule has 1 fully saturated rings. The van der Waals surface area contributed by atoms with E-state index >= 15 is 0 Å². The molecule has 0 saturated heterocycles. The maximum absolute atomic E-state index is 11.7. The van der Waals surface area contributed by atoms with Crippen molar-refractivity contribution in [2.45, 2.75) is 31.7 Å². The van der Waals surface area contributed by atoms with Crippen LogP contribution in [0.2, 0.25) is 0 Å². The van der Waals surface area contributed by atoms with Crippen LogP contribution in [0.25, 0.3) is 0 Å². The number of Topliss-reactive ketones (excluding diaryl/α,β-unsaturated/α-hetero) is 1. The van der Waals surface area contributed by atoms with E-state index < -0.39 is 17.4 Å². The van der Waals surface area contributed by atoms with Gasteiger partial charge in [-0.25, -0.2) is 0 Å². The Morgan fingerprint density at radius 3 is 2.62 bits per heavy atom. The van der Waals surface area contributed by atoms with Crippen LogP contribution in [-0.2, 0) is 14.3 Å². The number of esters is 1. The number of hydrogen-bond donors (Lipinski definition) is 2. The lowest BCUT2D eigenvalue weighted by Crippen LogP contribution is -2.55. The van der Waals surface area contributed by atoms with E-state index in [1.165, 1.54) is 0 Å². The Labute approximate surface area is 106 Å². The molecule has 0 amide bonds. The first-order valence-corrected chi connectivity index (χ1v) is 5.25. The Bertz CT molecular complexity index is 273. The van der Waals surface area contributed by atoms with Gasteiger partial charge in [-0.05, 0) is 19.8 Å². The van der Waals surface area contributed by atoms with Crippen molar-refractivity contribution >= 4 is 28.7 Å². The first-order valence-electron chi connectivity index (χ1n) is 5.25. The predicted octanol–water partition coefficient (Wildman–Crippen LogP) is 0.153. The molecule has 1 saturated carbocycles. The normalized spacial score (nSPS) is 28.3. The first-order chi connectivity index (χ1) is 7.06. The van der Waals surface area contributed by atoms with Crippen molar-refractivity contribution in [3.63, 3.8) is 0 Å². The quantitative estimate of drug-likeness (QED) is 0.720. The first kappa shape index (κ1) is 15.5. The maximum atomic E-state index is 11.7. The van der Waals surface area contributed by atoms with Crippen molar-refractivity contribution in [3.8, 4) is 0 Å². The van der Waals surface area contributed by atoms with Crippen LogP contribution >= 0.6 is 17.0 Å². The number of carbonyl (C=O) groups excluding carboxylic acids is 2. The fraction of sp³-hybridized carbons (Fsp3) is 0.800. The van der Waals surface area contributed by atoms with E-state index in [2.05, 4.69) is 0 Å². The summed E-state index contributed by atoms with van der Waals surface area (Å²) in [6, 6.07) is 0. The van der Waals surface area contributed by atoms with Crippen molar-refractivity contribution in [1.82, 2.24) is 0 Å². The van der Waals surface area contributed by atoms with E-state index in [1.54, 1.807) is 6.92 Å². The summed E-state index contributed by atoms with van der Waals surface area (Å²) in [7, 11) is 0. The summed E-state index contributed by atoms with van der Waals surface area (Å²) >= 11 is 0. The number of halogens is 1. The van der Waals surface area contributed by atoms with Crippen molar-refractivity contribution in [2.75, 3.05) is 13.2 Å². The molecule has 0 spiro atoms. The fourth-order valence-corrected chi connectivity index (χ4v) is 2.13. The standard InChI is InChI=1S/C10H18N2O3.BrH/c1-2-15-9(14)10(12)5-3-4-7(10)8(13)6-11;/h7H,2-6,11-12H2,1H3;1H. The summed E-state index contributed by atoms with van der Waals surface area (Å²) in [5.74, 6) is -1.10. The minimum atomic E-state index is -1.15. The summed E-state index contributed by atoms with van der Waals surface area (Å²) in [4.78, 5) is 23.2. The highest BCUT2D eigenvalue weighted by Crippen LogP contribution is 2.35. The predicted molar refractivity (Wildman–Crippen MR) is 65.3 cm³/mol. The molecule has 16 heavy (non-hydrogen) atoms. The van der Waals surface area contributed by atoms with Gasteiger partial charge in [-0.1, -0.05) is 6.42 Å². The Morgan fingerprint density at radius 2 is 2.12 bits per heavy atom. The minimum absolute atomic E-state index is 0. The summed E-state index contributed by atoms with van der Waals surface area (Å²) < 4.78 is 4.90. The van der Waals surface area contributed by atoms with Gasteiger partial charge in [0, 0.05) is 5.92 Å². The van der Waals surface area contributed by atoms with E-state index in [-0.39, 0.29) is 35.9 Å². The Balaban J connectivity index is 0.00000225. The number of hydrogen-bond acceptors (Lipinski definition) is 5. The molecule has 0 heterocycles. The lowest BCUT2D eigenvalue weighted by atomic mass is 9.85. The van der Waals surface area contributed by atoms with Gasteiger partial charge in [0.2, 0.25) is 0 Å². The lowest BCUT2D eigenvalue weighted by molar-refractivity contribution is -0.153. The molecule has 1 aliphatic rings. The highest BCUT2D eigenvalue weighted by Gasteiger charge is 2.49. The number of nitrogens with two attached hydrogens (primary N) is 2. The minimum Gasteiger partial charge on any atom is -0.465 e. The molecule has 4 N–H and O–H groups in total. The monoisotopic (exact) mass is 294 g/mol. The van der Waals surface area contributed by atoms with E-state index in [4.69, 9.17) is 16.2 Å². The van der Waals surface area contributed by atoms with Gasteiger partial charge < -0.3 is 16.2 Å². The Morgan fingerprint density at radius 1 is 1.50 bits per heavy atom. The molecule has 5 nitrogen and oxygen atoms in total. The molecule has 2 unspecified atom stereocenters. The largest absolute Gasteiger partial charge is 0.465 e. The van der Waals surface area contributed by atoms with Gasteiger partial charge in [0.1, 0.15) is 5.54 Å². The zero-order valence-electron chi connectivity index (χ0n) is 9.40. The molecule has 1 rings (SSSR count). The van der Waals surface area contributed by atoms with Gasteiger partial charge in [-0.3, -0.25) is 9.59 Å². The Kier molecular flexibility index (Phi) is 6.14. The second kappa shape index (κ2) is 6.32. The number of carbonyl (C=O) groups is 2. The molecule has 0 radical (unpaired) electrons. The molecule has 0 bridgehead atoms. The van der Waals surface area contributed by atoms with Crippen molar-refractivity contribution in [3.05, 3.63) is 0 Å². The molecular weight excluding hydrogens is 276 g/mol. The molecule has 2 atom stereocenters. The molecular formula is C10H19BrN2O3. The van der Waals surface area contributed by atoms with Crippen LogP contribution in [0.3, 0.4) is 0 Å².